The Hall–Kier alpha value is -3.53. The molecule has 7 heteroatoms. The van der Waals surface area contributed by atoms with Crippen LogP contribution in [0.25, 0.3) is 22.2 Å². The molecule has 2 aromatic heterocycles. The summed E-state index contributed by atoms with van der Waals surface area (Å²) in [6.45, 7) is 4.21. The van der Waals surface area contributed by atoms with Crippen LogP contribution < -0.4 is 11.5 Å². The van der Waals surface area contributed by atoms with Gasteiger partial charge in [-0.3, -0.25) is 4.79 Å². The zero-order valence-corrected chi connectivity index (χ0v) is 13.9. The predicted molar refractivity (Wildman–Crippen MR) is 94.9 cm³/mol. The molecule has 0 spiro atoms. The molecule has 0 radical (unpaired) electrons. The van der Waals surface area contributed by atoms with Crippen molar-refractivity contribution in [3.8, 4) is 22.9 Å². The molecule has 5 N–H and O–H groups in total. The van der Waals surface area contributed by atoms with Crippen LogP contribution in [-0.2, 0) is 6.54 Å². The number of nitrogen functional groups attached to an aromatic ring is 1. The highest BCUT2D eigenvalue weighted by atomic mass is 16.3. The van der Waals surface area contributed by atoms with E-state index in [1.54, 1.807) is 35.9 Å². The molecule has 2 heterocycles. The number of phenolic OH excluding ortho intramolecular Hbond substituents is 1. The molecule has 0 saturated carbocycles. The number of aromatic hydroxyl groups is 1. The minimum Gasteiger partial charge on any atom is -0.508 e. The normalized spacial score (nSPS) is 10.8. The molecule has 0 fully saturated rings. The molecular formula is C18H17N5O2. The van der Waals surface area contributed by atoms with E-state index in [2.05, 4.69) is 11.1 Å². The van der Waals surface area contributed by atoms with Gasteiger partial charge in [-0.1, -0.05) is 12.1 Å². The fraction of sp³-hybridized carbons (Fsp3) is 0.167. The van der Waals surface area contributed by atoms with Crippen molar-refractivity contribution in [1.82, 2.24) is 9.55 Å². The monoisotopic (exact) mass is 335 g/mol. The lowest BCUT2D eigenvalue weighted by Gasteiger charge is -2.14. The summed E-state index contributed by atoms with van der Waals surface area (Å²) in [6.07, 6.45) is 1.67. The van der Waals surface area contributed by atoms with Gasteiger partial charge in [0.2, 0.25) is 0 Å². The molecule has 1 aromatic carbocycles. The molecule has 0 atom stereocenters. The van der Waals surface area contributed by atoms with Crippen LogP contribution in [0, 0.1) is 18.3 Å². The average molecular weight is 335 g/mol. The number of primary amides is 1. The number of amides is 1. The van der Waals surface area contributed by atoms with Crippen molar-refractivity contribution < 1.29 is 9.90 Å². The van der Waals surface area contributed by atoms with Crippen LogP contribution in [0.5, 0.6) is 5.75 Å². The van der Waals surface area contributed by atoms with E-state index in [-0.39, 0.29) is 17.1 Å². The van der Waals surface area contributed by atoms with Crippen molar-refractivity contribution in [2.24, 2.45) is 5.73 Å². The van der Waals surface area contributed by atoms with Gasteiger partial charge in [0.05, 0.1) is 11.3 Å². The minimum atomic E-state index is -0.749. The number of nitriles is 1. The van der Waals surface area contributed by atoms with Gasteiger partial charge in [-0.25, -0.2) is 4.98 Å². The third-order valence-corrected chi connectivity index (χ3v) is 4.31. The van der Waals surface area contributed by atoms with Crippen LogP contribution in [0.15, 0.2) is 24.4 Å². The third-order valence-electron chi connectivity index (χ3n) is 4.31. The van der Waals surface area contributed by atoms with Gasteiger partial charge in [0.15, 0.2) is 5.69 Å². The zero-order chi connectivity index (χ0) is 18.3. The first kappa shape index (κ1) is 16.3. The molecule has 7 nitrogen and oxygen atoms in total. The zero-order valence-electron chi connectivity index (χ0n) is 13.9. The van der Waals surface area contributed by atoms with E-state index < -0.39 is 5.91 Å². The molecule has 0 bridgehead atoms. The number of nitrogens with zero attached hydrogens (tertiary/aromatic N) is 3. The number of aryl methyl sites for hydroxylation is 1. The van der Waals surface area contributed by atoms with Crippen molar-refractivity contribution in [2.45, 2.75) is 20.4 Å². The summed E-state index contributed by atoms with van der Waals surface area (Å²) in [5.74, 6) is -0.656. The number of benzene rings is 1. The summed E-state index contributed by atoms with van der Waals surface area (Å²) in [4.78, 5) is 16.1. The summed E-state index contributed by atoms with van der Waals surface area (Å²) in [5.41, 5.74) is 14.2. The van der Waals surface area contributed by atoms with Gasteiger partial charge < -0.3 is 21.1 Å². The molecule has 0 saturated heterocycles. The maximum Gasteiger partial charge on any atom is 0.269 e. The number of rotatable bonds is 3. The van der Waals surface area contributed by atoms with E-state index in [1.165, 1.54) is 0 Å². The smallest absolute Gasteiger partial charge is 0.269 e. The van der Waals surface area contributed by atoms with Gasteiger partial charge >= 0.3 is 0 Å². The first-order chi connectivity index (χ1) is 11.9. The van der Waals surface area contributed by atoms with Crippen molar-refractivity contribution in [3.63, 3.8) is 0 Å². The minimum absolute atomic E-state index is 0.0532. The second-order valence-corrected chi connectivity index (χ2v) is 5.70. The lowest BCUT2D eigenvalue weighted by molar-refractivity contribution is 0.0997. The van der Waals surface area contributed by atoms with E-state index in [0.717, 1.165) is 0 Å². The lowest BCUT2D eigenvalue weighted by atomic mass is 9.94. The molecule has 3 rings (SSSR count). The van der Waals surface area contributed by atoms with Crippen molar-refractivity contribution in [1.29, 1.82) is 5.26 Å². The van der Waals surface area contributed by atoms with E-state index >= 15 is 0 Å². The predicted octanol–water partition coefficient (Wildman–Crippen LogP) is 2.29. The Morgan fingerprint density at radius 3 is 2.76 bits per heavy atom. The third kappa shape index (κ3) is 2.35. The van der Waals surface area contributed by atoms with Gasteiger partial charge in [-0.05, 0) is 31.0 Å². The van der Waals surface area contributed by atoms with Crippen molar-refractivity contribution >= 4 is 22.6 Å². The topological polar surface area (TPSA) is 131 Å². The first-order valence-electron chi connectivity index (χ1n) is 7.71. The van der Waals surface area contributed by atoms with E-state index in [0.29, 0.717) is 39.8 Å². The highest BCUT2D eigenvalue weighted by Gasteiger charge is 2.24. The molecule has 1 amide bonds. The van der Waals surface area contributed by atoms with Gasteiger partial charge in [0.25, 0.3) is 5.91 Å². The highest BCUT2D eigenvalue weighted by Crippen LogP contribution is 2.40. The number of carbonyl (C=O) groups is 1. The van der Waals surface area contributed by atoms with Crippen LogP contribution in [0.3, 0.4) is 0 Å². The number of phenols is 1. The number of hydrogen-bond acceptors (Lipinski definition) is 5. The maximum absolute atomic E-state index is 11.8. The molecule has 0 aliphatic rings. The Morgan fingerprint density at radius 2 is 2.16 bits per heavy atom. The molecule has 3 aromatic rings. The Labute approximate surface area is 144 Å². The van der Waals surface area contributed by atoms with E-state index in [9.17, 15) is 15.2 Å². The number of pyridine rings is 1. The number of nitrogens with two attached hydrogens (primary N) is 2. The molecule has 0 aliphatic carbocycles. The Morgan fingerprint density at radius 1 is 1.44 bits per heavy atom. The summed E-state index contributed by atoms with van der Waals surface area (Å²) in [6, 6.07) is 7.16. The fourth-order valence-corrected chi connectivity index (χ4v) is 3.02. The van der Waals surface area contributed by atoms with Gasteiger partial charge in [0, 0.05) is 23.7 Å². The summed E-state index contributed by atoms with van der Waals surface area (Å²) in [7, 11) is 0. The maximum atomic E-state index is 11.8. The molecule has 25 heavy (non-hydrogen) atoms. The fourth-order valence-electron chi connectivity index (χ4n) is 3.02. The van der Waals surface area contributed by atoms with Crippen LogP contribution in [0.2, 0.25) is 0 Å². The second-order valence-electron chi connectivity index (χ2n) is 5.70. The van der Waals surface area contributed by atoms with Crippen LogP contribution >= 0.6 is 0 Å². The number of aromatic nitrogens is 2. The quantitative estimate of drug-likeness (QED) is 0.676. The van der Waals surface area contributed by atoms with Gasteiger partial charge in [-0.2, -0.15) is 5.26 Å². The Bertz CT molecular complexity index is 1060. The average Bonchev–Trinajstić information content (AvgIpc) is 2.94. The molecular weight excluding hydrogens is 318 g/mol. The second kappa shape index (κ2) is 5.83. The summed E-state index contributed by atoms with van der Waals surface area (Å²) in [5, 5.41) is 20.1. The highest BCUT2D eigenvalue weighted by molar-refractivity contribution is 6.10. The lowest BCUT2D eigenvalue weighted by Crippen LogP contribution is -2.17. The summed E-state index contributed by atoms with van der Waals surface area (Å²) >= 11 is 0. The molecule has 126 valence electrons. The SMILES string of the molecule is CCn1cc(C#N)c2c(-c3cccc(O)c3C)c(N)c(C(N)=O)nc21. The van der Waals surface area contributed by atoms with Crippen LogP contribution in [0.4, 0.5) is 5.69 Å². The number of hydrogen-bond donors (Lipinski definition) is 3. The standard InChI is InChI=1S/C18H17N5O2/c1-3-23-8-10(7-19)13-14(11-5-4-6-12(24)9(11)2)15(20)16(17(21)25)22-18(13)23/h4-6,8,24H,3,20H2,1-2H3,(H2,21,25). The van der Waals surface area contributed by atoms with Crippen molar-refractivity contribution in [2.75, 3.05) is 5.73 Å². The Kier molecular flexibility index (Phi) is 3.81. The van der Waals surface area contributed by atoms with Crippen molar-refractivity contribution in [3.05, 3.63) is 41.2 Å². The summed E-state index contributed by atoms with van der Waals surface area (Å²) < 4.78 is 1.77. The van der Waals surface area contributed by atoms with Gasteiger partial charge in [-0.15, -0.1) is 0 Å². The van der Waals surface area contributed by atoms with E-state index in [4.69, 9.17) is 11.5 Å². The van der Waals surface area contributed by atoms with Crippen LogP contribution in [-0.4, -0.2) is 20.6 Å². The molecule has 0 aliphatic heterocycles. The van der Waals surface area contributed by atoms with Crippen LogP contribution in [0.1, 0.15) is 28.5 Å². The molecule has 0 unspecified atom stereocenters. The number of fused-ring (bicyclic) bond motifs is 1. The largest absolute Gasteiger partial charge is 0.508 e. The first-order valence-corrected chi connectivity index (χ1v) is 7.71. The van der Waals surface area contributed by atoms with E-state index in [1.807, 2.05) is 6.92 Å². The number of anilines is 1. The Balaban J connectivity index is 2.58. The number of carbonyl (C=O) groups excluding carboxylic acids is 1. The van der Waals surface area contributed by atoms with Gasteiger partial charge in [0.1, 0.15) is 17.5 Å².